The molecule has 0 saturated carbocycles. The largest absolute Gasteiger partial charge is 0.456 e. The minimum absolute atomic E-state index is 0.103. The third-order valence-corrected chi connectivity index (χ3v) is 7.76. The van der Waals surface area contributed by atoms with E-state index in [1.54, 1.807) is 0 Å². The molecule has 0 radical (unpaired) electrons. The molecule has 2 heterocycles. The Morgan fingerprint density at radius 1 is 0.561 bits per heavy atom. The molecule has 0 spiro atoms. The Hall–Kier alpha value is -5.68. The van der Waals surface area contributed by atoms with Crippen molar-refractivity contribution in [3.05, 3.63) is 132 Å². The lowest BCUT2D eigenvalue weighted by Crippen LogP contribution is -2.16. The molecular weight excluding hydrogens is 506 g/mol. The van der Waals surface area contributed by atoms with Gasteiger partial charge in [-0.2, -0.15) is 0 Å². The fourth-order valence-electron chi connectivity index (χ4n) is 5.79. The molecule has 5 nitrogen and oxygen atoms in total. The Kier molecular flexibility index (Phi) is 5.06. The minimum atomic E-state index is 0.103. The number of fused-ring (bicyclic) bond motifs is 8. The highest BCUT2D eigenvalue weighted by molar-refractivity contribution is 6.21. The van der Waals surface area contributed by atoms with Crippen LogP contribution in [-0.4, -0.2) is 11.7 Å². The van der Waals surface area contributed by atoms with Crippen molar-refractivity contribution in [2.45, 2.75) is 0 Å². The predicted octanol–water partition coefficient (Wildman–Crippen LogP) is 9.04. The van der Waals surface area contributed by atoms with Crippen LogP contribution >= 0.6 is 0 Å². The molecule has 0 fully saturated rings. The van der Waals surface area contributed by atoms with E-state index < -0.39 is 0 Å². The highest BCUT2D eigenvalue weighted by Crippen LogP contribution is 2.36. The molecule has 8 rings (SSSR count). The lowest BCUT2D eigenvalue weighted by molar-refractivity contribution is 0.668. The number of aliphatic imine (C=N–C) groups is 1. The van der Waals surface area contributed by atoms with Gasteiger partial charge in [0.25, 0.3) is 0 Å². The van der Waals surface area contributed by atoms with Crippen LogP contribution < -0.4 is 5.73 Å². The summed E-state index contributed by atoms with van der Waals surface area (Å²) in [6.07, 6.45) is 0. The van der Waals surface area contributed by atoms with Crippen molar-refractivity contribution in [1.29, 1.82) is 5.41 Å². The van der Waals surface area contributed by atoms with E-state index >= 15 is 0 Å². The van der Waals surface area contributed by atoms with Gasteiger partial charge in [0.05, 0.1) is 0 Å². The number of hydrogen-bond acceptors (Lipinski definition) is 3. The monoisotopic (exact) mass is 529 g/mol. The Bertz CT molecular complexity index is 2340. The van der Waals surface area contributed by atoms with E-state index in [9.17, 15) is 0 Å². The zero-order valence-electron chi connectivity index (χ0n) is 21.9. The van der Waals surface area contributed by atoms with Gasteiger partial charge in [-0.1, -0.05) is 91.0 Å². The van der Waals surface area contributed by atoms with E-state index in [-0.39, 0.29) is 11.7 Å². The number of furan rings is 2. The summed E-state index contributed by atoms with van der Waals surface area (Å²) >= 11 is 0. The fraction of sp³-hybridized carbons (Fsp3) is 0. The number of benzene rings is 6. The summed E-state index contributed by atoms with van der Waals surface area (Å²) in [4.78, 5) is 4.47. The summed E-state index contributed by atoms with van der Waals surface area (Å²) < 4.78 is 12.0. The van der Waals surface area contributed by atoms with Gasteiger partial charge in [-0.3, -0.25) is 5.41 Å². The van der Waals surface area contributed by atoms with E-state index in [0.717, 1.165) is 66.0 Å². The molecule has 6 aromatic carbocycles. The smallest absolute Gasteiger partial charge is 0.154 e. The van der Waals surface area contributed by atoms with E-state index in [1.165, 1.54) is 5.39 Å². The predicted molar refractivity (Wildman–Crippen MR) is 168 cm³/mol. The van der Waals surface area contributed by atoms with Gasteiger partial charge < -0.3 is 14.6 Å². The molecule has 0 aliphatic carbocycles. The highest BCUT2D eigenvalue weighted by Gasteiger charge is 2.14. The Morgan fingerprint density at radius 2 is 1.20 bits per heavy atom. The lowest BCUT2D eigenvalue weighted by atomic mass is 9.98. The normalized spacial score (nSPS) is 12.2. The average Bonchev–Trinajstić information content (AvgIpc) is 3.59. The summed E-state index contributed by atoms with van der Waals surface area (Å²) in [6, 6.07) is 40.3. The molecule has 0 amide bonds. The number of nitrogens with two attached hydrogens (primary N) is 1. The van der Waals surface area contributed by atoms with Crippen molar-refractivity contribution >= 4 is 66.3 Å². The molecule has 3 N–H and O–H groups in total. The van der Waals surface area contributed by atoms with Gasteiger partial charge in [-0.05, 0) is 52.2 Å². The van der Waals surface area contributed by atoms with Crippen LogP contribution in [0.1, 0.15) is 11.1 Å². The number of amidine groups is 2. The van der Waals surface area contributed by atoms with E-state index in [0.29, 0.717) is 5.56 Å². The molecule has 0 aliphatic rings. The number of nitrogens with zero attached hydrogens (tertiary/aromatic N) is 1. The Balaban J connectivity index is 1.12. The van der Waals surface area contributed by atoms with Crippen LogP contribution in [0.3, 0.4) is 0 Å². The molecule has 2 aromatic heterocycles. The number of para-hydroxylation sites is 2. The summed E-state index contributed by atoms with van der Waals surface area (Å²) in [7, 11) is 0. The second kappa shape index (κ2) is 8.93. The van der Waals surface area contributed by atoms with Crippen LogP contribution in [0.4, 0.5) is 0 Å². The zero-order valence-corrected chi connectivity index (χ0v) is 21.9. The molecule has 194 valence electrons. The van der Waals surface area contributed by atoms with Gasteiger partial charge in [0.1, 0.15) is 28.2 Å². The number of hydrogen-bond donors (Lipinski definition) is 2. The van der Waals surface area contributed by atoms with E-state index in [4.69, 9.17) is 20.0 Å². The summed E-state index contributed by atoms with van der Waals surface area (Å²) in [5.41, 5.74) is 13.4. The third kappa shape index (κ3) is 3.71. The summed E-state index contributed by atoms with van der Waals surface area (Å²) in [5, 5.41) is 15.1. The van der Waals surface area contributed by atoms with Crippen molar-refractivity contribution in [3.63, 3.8) is 0 Å². The quantitative estimate of drug-likeness (QED) is 0.177. The summed E-state index contributed by atoms with van der Waals surface area (Å²) in [5.74, 6) is 0.385. The van der Waals surface area contributed by atoms with Crippen molar-refractivity contribution in [1.82, 2.24) is 0 Å². The van der Waals surface area contributed by atoms with Gasteiger partial charge in [-0.25, -0.2) is 4.99 Å². The van der Waals surface area contributed by atoms with Gasteiger partial charge in [0.2, 0.25) is 0 Å². The van der Waals surface area contributed by atoms with Gasteiger partial charge in [0.15, 0.2) is 5.84 Å². The van der Waals surface area contributed by atoms with Gasteiger partial charge in [0, 0.05) is 32.7 Å². The van der Waals surface area contributed by atoms with Gasteiger partial charge in [-0.15, -0.1) is 0 Å². The van der Waals surface area contributed by atoms with Crippen LogP contribution in [0.25, 0.3) is 65.8 Å². The first-order chi connectivity index (χ1) is 20.1. The molecule has 41 heavy (non-hydrogen) atoms. The standard InChI is InChI=1S/C36H23N3O2/c37-35(39-36(38)28-8-5-11-31-34(28)27-7-2-4-10-30(27)40-31)22-14-12-21(13-15-22)23-16-18-25-24(20-23)17-19-32-33(25)26-6-1-3-9-29(26)41-32/h1-20H,(H3,37,38,39). The van der Waals surface area contributed by atoms with Crippen LogP contribution in [0.15, 0.2) is 135 Å². The van der Waals surface area contributed by atoms with Crippen LogP contribution in [-0.2, 0) is 0 Å². The fourth-order valence-corrected chi connectivity index (χ4v) is 5.79. The molecule has 5 heteroatoms. The molecule has 0 atom stereocenters. The summed E-state index contributed by atoms with van der Waals surface area (Å²) in [6.45, 7) is 0. The second-order valence-electron chi connectivity index (χ2n) is 10.2. The molecule has 0 bridgehead atoms. The zero-order chi connectivity index (χ0) is 27.5. The van der Waals surface area contributed by atoms with E-state index in [2.05, 4.69) is 35.3 Å². The molecule has 0 aliphatic heterocycles. The first kappa shape index (κ1) is 23.2. The first-order valence-corrected chi connectivity index (χ1v) is 13.4. The van der Waals surface area contributed by atoms with Crippen molar-refractivity contribution in [2.24, 2.45) is 10.7 Å². The van der Waals surface area contributed by atoms with Crippen LogP contribution in [0.5, 0.6) is 0 Å². The lowest BCUT2D eigenvalue weighted by Gasteiger charge is -2.07. The second-order valence-corrected chi connectivity index (χ2v) is 10.2. The van der Waals surface area contributed by atoms with Crippen molar-refractivity contribution in [2.75, 3.05) is 0 Å². The average molecular weight is 530 g/mol. The highest BCUT2D eigenvalue weighted by atomic mass is 16.3. The number of nitrogens with one attached hydrogen (secondary N) is 1. The maximum atomic E-state index is 8.65. The molecule has 8 aromatic rings. The Morgan fingerprint density at radius 3 is 1.95 bits per heavy atom. The third-order valence-electron chi connectivity index (χ3n) is 7.76. The SMILES string of the molecule is N=C(/N=C(\N)c1cccc2oc3ccccc3c12)c1ccc(-c2ccc3c(ccc4oc5ccccc5c43)c2)cc1. The van der Waals surface area contributed by atoms with Crippen LogP contribution in [0.2, 0.25) is 0 Å². The minimum Gasteiger partial charge on any atom is -0.456 e. The van der Waals surface area contributed by atoms with Crippen molar-refractivity contribution in [3.8, 4) is 11.1 Å². The van der Waals surface area contributed by atoms with Crippen LogP contribution in [0, 0.1) is 5.41 Å². The Labute approximate surface area is 234 Å². The molecule has 0 saturated heterocycles. The van der Waals surface area contributed by atoms with Gasteiger partial charge >= 0.3 is 0 Å². The maximum absolute atomic E-state index is 8.65. The topological polar surface area (TPSA) is 88.5 Å². The van der Waals surface area contributed by atoms with E-state index in [1.807, 2.05) is 91.0 Å². The first-order valence-electron chi connectivity index (χ1n) is 13.4. The molecular formula is C36H23N3O2. The maximum Gasteiger partial charge on any atom is 0.154 e. The van der Waals surface area contributed by atoms with Crippen molar-refractivity contribution < 1.29 is 8.83 Å². The molecule has 0 unspecified atom stereocenters. The number of rotatable bonds is 3.